The minimum absolute atomic E-state index is 0.0788. The van der Waals surface area contributed by atoms with Crippen LogP contribution < -0.4 is 5.56 Å². The first-order chi connectivity index (χ1) is 9.63. The molecule has 0 atom stereocenters. The highest BCUT2D eigenvalue weighted by molar-refractivity contribution is 7.71. The Morgan fingerprint density at radius 1 is 1.25 bits per heavy atom. The van der Waals surface area contributed by atoms with Crippen LogP contribution in [-0.2, 0) is 6.54 Å². The second kappa shape index (κ2) is 4.76. The molecule has 0 radical (unpaired) electrons. The number of aromatic amines is 1. The van der Waals surface area contributed by atoms with Gasteiger partial charge in [0.15, 0.2) is 4.77 Å². The lowest BCUT2D eigenvalue weighted by Gasteiger charge is -2.08. The zero-order valence-corrected chi connectivity index (χ0v) is 12.2. The molecule has 20 heavy (non-hydrogen) atoms. The molecule has 5 heteroatoms. The van der Waals surface area contributed by atoms with Gasteiger partial charge in [-0.25, -0.2) is 0 Å². The second-order valence-corrected chi connectivity index (χ2v) is 5.09. The topological polar surface area (TPSA) is 42.7 Å². The van der Waals surface area contributed by atoms with Crippen LogP contribution in [0, 0.1) is 11.7 Å². The molecule has 0 spiro atoms. The fraction of sp³-hybridized carbons (Fsp3) is 0.200. The van der Waals surface area contributed by atoms with Crippen molar-refractivity contribution >= 4 is 23.3 Å². The van der Waals surface area contributed by atoms with Crippen LogP contribution >= 0.6 is 12.2 Å². The SMILES string of the molecule is CCn1c(C)cc2[nH]c(=S)n(-c3ccccc3)c(=O)c21. The summed E-state index contributed by atoms with van der Waals surface area (Å²) in [6.45, 7) is 4.77. The summed E-state index contributed by atoms with van der Waals surface area (Å²) in [5.74, 6) is 0. The average Bonchev–Trinajstić information content (AvgIpc) is 2.75. The van der Waals surface area contributed by atoms with Gasteiger partial charge in [-0.15, -0.1) is 0 Å². The Morgan fingerprint density at radius 2 is 1.95 bits per heavy atom. The Hall–Kier alpha value is -2.14. The van der Waals surface area contributed by atoms with Crippen LogP contribution in [0.5, 0.6) is 0 Å². The zero-order valence-electron chi connectivity index (χ0n) is 11.4. The van der Waals surface area contributed by atoms with Gasteiger partial charge in [0, 0.05) is 12.2 Å². The quantitative estimate of drug-likeness (QED) is 0.735. The van der Waals surface area contributed by atoms with Crippen molar-refractivity contribution in [1.82, 2.24) is 14.1 Å². The van der Waals surface area contributed by atoms with E-state index < -0.39 is 0 Å². The van der Waals surface area contributed by atoms with E-state index in [2.05, 4.69) is 4.98 Å². The van der Waals surface area contributed by atoms with Gasteiger partial charge < -0.3 is 9.55 Å². The first kappa shape index (κ1) is 12.9. The first-order valence-corrected chi connectivity index (χ1v) is 6.95. The lowest BCUT2D eigenvalue weighted by atomic mass is 10.3. The number of rotatable bonds is 2. The highest BCUT2D eigenvalue weighted by atomic mass is 32.1. The zero-order chi connectivity index (χ0) is 14.3. The summed E-state index contributed by atoms with van der Waals surface area (Å²) in [7, 11) is 0. The van der Waals surface area contributed by atoms with Gasteiger partial charge in [0.1, 0.15) is 5.52 Å². The smallest absolute Gasteiger partial charge is 0.283 e. The number of fused-ring (bicyclic) bond motifs is 1. The molecule has 4 nitrogen and oxygen atoms in total. The van der Waals surface area contributed by atoms with Crippen molar-refractivity contribution in [3.63, 3.8) is 0 Å². The normalized spacial score (nSPS) is 11.1. The summed E-state index contributed by atoms with van der Waals surface area (Å²) >= 11 is 5.34. The molecule has 0 aliphatic rings. The second-order valence-electron chi connectivity index (χ2n) is 4.70. The molecule has 0 fully saturated rings. The molecule has 0 saturated carbocycles. The standard InChI is InChI=1S/C15H15N3OS/c1-3-17-10(2)9-12-13(17)14(19)18(15(20)16-12)11-7-5-4-6-8-11/h4-9H,3H2,1-2H3,(H,16,20). The number of benzene rings is 1. The summed E-state index contributed by atoms with van der Waals surface area (Å²) in [6.07, 6.45) is 0. The number of aromatic nitrogens is 3. The van der Waals surface area contributed by atoms with Crippen LogP contribution in [0.2, 0.25) is 0 Å². The van der Waals surface area contributed by atoms with E-state index in [0.29, 0.717) is 10.3 Å². The summed E-state index contributed by atoms with van der Waals surface area (Å²) < 4.78 is 3.97. The summed E-state index contributed by atoms with van der Waals surface area (Å²) in [5.41, 5.74) is 3.22. The highest BCUT2D eigenvalue weighted by Crippen LogP contribution is 2.15. The van der Waals surface area contributed by atoms with Crippen molar-refractivity contribution < 1.29 is 0 Å². The van der Waals surface area contributed by atoms with E-state index in [1.54, 1.807) is 4.57 Å². The molecule has 0 amide bonds. The lowest BCUT2D eigenvalue weighted by molar-refractivity contribution is 0.760. The maximum Gasteiger partial charge on any atom is 0.283 e. The Morgan fingerprint density at radius 3 is 2.60 bits per heavy atom. The number of hydrogen-bond donors (Lipinski definition) is 1. The maximum atomic E-state index is 12.8. The lowest BCUT2D eigenvalue weighted by Crippen LogP contribution is -2.22. The predicted molar refractivity (Wildman–Crippen MR) is 83.1 cm³/mol. The largest absolute Gasteiger partial charge is 0.339 e. The molecule has 1 N–H and O–H groups in total. The Balaban J connectivity index is 2.46. The third kappa shape index (κ3) is 1.82. The molecule has 0 aliphatic carbocycles. The Labute approximate surface area is 121 Å². The minimum atomic E-state index is -0.0788. The van der Waals surface area contributed by atoms with Crippen LogP contribution in [0.25, 0.3) is 16.7 Å². The molecule has 0 bridgehead atoms. The fourth-order valence-electron chi connectivity index (χ4n) is 2.59. The molecule has 2 heterocycles. The van der Waals surface area contributed by atoms with E-state index in [0.717, 1.165) is 23.4 Å². The molecule has 3 rings (SSSR count). The highest BCUT2D eigenvalue weighted by Gasteiger charge is 2.13. The number of nitrogens with one attached hydrogen (secondary N) is 1. The Kier molecular flexibility index (Phi) is 3.06. The summed E-state index contributed by atoms with van der Waals surface area (Å²) in [5, 5.41) is 0. The van der Waals surface area contributed by atoms with Gasteiger partial charge in [-0.2, -0.15) is 0 Å². The van der Waals surface area contributed by atoms with Gasteiger partial charge in [0.2, 0.25) is 0 Å². The molecule has 0 unspecified atom stereocenters. The van der Waals surface area contributed by atoms with E-state index in [1.165, 1.54) is 0 Å². The van der Waals surface area contributed by atoms with Gasteiger partial charge in [-0.1, -0.05) is 18.2 Å². The summed E-state index contributed by atoms with van der Waals surface area (Å²) in [6, 6.07) is 11.4. The molecule has 0 saturated heterocycles. The number of H-pyrrole nitrogens is 1. The van der Waals surface area contributed by atoms with Crippen LogP contribution in [0.3, 0.4) is 0 Å². The van der Waals surface area contributed by atoms with Crippen LogP contribution in [0.4, 0.5) is 0 Å². The first-order valence-electron chi connectivity index (χ1n) is 6.54. The number of aryl methyl sites for hydroxylation is 2. The van der Waals surface area contributed by atoms with Gasteiger partial charge in [-0.05, 0) is 44.3 Å². The fourth-order valence-corrected chi connectivity index (χ4v) is 2.89. The monoisotopic (exact) mass is 285 g/mol. The molecule has 1 aromatic carbocycles. The number of hydrogen-bond acceptors (Lipinski definition) is 2. The van der Waals surface area contributed by atoms with Crippen molar-refractivity contribution in [1.29, 1.82) is 0 Å². The van der Waals surface area contributed by atoms with E-state index in [4.69, 9.17) is 12.2 Å². The third-order valence-corrected chi connectivity index (χ3v) is 3.77. The van der Waals surface area contributed by atoms with Gasteiger partial charge in [0.25, 0.3) is 5.56 Å². The number of para-hydroxylation sites is 1. The molecule has 2 aromatic heterocycles. The van der Waals surface area contributed by atoms with Gasteiger partial charge >= 0.3 is 0 Å². The van der Waals surface area contributed by atoms with Crippen molar-refractivity contribution in [2.45, 2.75) is 20.4 Å². The van der Waals surface area contributed by atoms with Crippen molar-refractivity contribution in [3.05, 3.63) is 57.2 Å². The van der Waals surface area contributed by atoms with Gasteiger partial charge in [0.05, 0.1) is 11.2 Å². The maximum absolute atomic E-state index is 12.8. The molecular weight excluding hydrogens is 270 g/mol. The van der Waals surface area contributed by atoms with Crippen LogP contribution in [0.1, 0.15) is 12.6 Å². The predicted octanol–water partition coefficient (Wildman–Crippen LogP) is 3.18. The van der Waals surface area contributed by atoms with Crippen molar-refractivity contribution in [2.24, 2.45) is 0 Å². The third-order valence-electron chi connectivity index (χ3n) is 3.48. The summed E-state index contributed by atoms with van der Waals surface area (Å²) in [4.78, 5) is 15.9. The molecule has 0 aliphatic heterocycles. The van der Waals surface area contributed by atoms with E-state index in [1.807, 2.05) is 54.8 Å². The Bertz CT molecular complexity index is 887. The van der Waals surface area contributed by atoms with Crippen LogP contribution in [-0.4, -0.2) is 14.1 Å². The van der Waals surface area contributed by atoms with Gasteiger partial charge in [-0.3, -0.25) is 9.36 Å². The van der Waals surface area contributed by atoms with Crippen molar-refractivity contribution in [3.8, 4) is 5.69 Å². The van der Waals surface area contributed by atoms with Crippen LogP contribution in [0.15, 0.2) is 41.2 Å². The average molecular weight is 285 g/mol. The molecule has 3 aromatic rings. The molecule has 102 valence electrons. The molecular formula is C15H15N3OS. The minimum Gasteiger partial charge on any atom is -0.339 e. The van der Waals surface area contributed by atoms with E-state index >= 15 is 0 Å². The van der Waals surface area contributed by atoms with E-state index in [9.17, 15) is 4.79 Å². The van der Waals surface area contributed by atoms with E-state index in [-0.39, 0.29) is 5.56 Å². The number of nitrogens with zero attached hydrogens (tertiary/aromatic N) is 2. The van der Waals surface area contributed by atoms with Crippen molar-refractivity contribution in [2.75, 3.05) is 0 Å².